The van der Waals surface area contributed by atoms with E-state index >= 15 is 0 Å². The quantitative estimate of drug-likeness (QED) is 0.656. The second kappa shape index (κ2) is 5.98. The largest absolute Gasteiger partial charge is 0.309 e. The zero-order valence-corrected chi connectivity index (χ0v) is 10.9. The molecule has 1 fully saturated rings. The molecular weight excluding hydrogens is 270 g/mol. The van der Waals surface area contributed by atoms with Gasteiger partial charge in [0.1, 0.15) is 0 Å². The van der Waals surface area contributed by atoms with Crippen molar-refractivity contribution in [1.82, 2.24) is 5.32 Å². The minimum atomic E-state index is -0.627. The molecule has 0 bridgehead atoms. The Labute approximate surface area is 113 Å². The highest BCUT2D eigenvalue weighted by Gasteiger charge is 2.21. The van der Waals surface area contributed by atoms with Gasteiger partial charge in [-0.3, -0.25) is 20.2 Å². The van der Waals surface area contributed by atoms with Gasteiger partial charge >= 0.3 is 0 Å². The van der Waals surface area contributed by atoms with Gasteiger partial charge in [-0.05, 0) is 18.2 Å². The van der Waals surface area contributed by atoms with Gasteiger partial charge in [0.2, 0.25) is 0 Å². The van der Waals surface area contributed by atoms with E-state index in [1.165, 1.54) is 12.1 Å². The minimum Gasteiger partial charge on any atom is -0.309 e. The predicted octanol–water partition coefficient (Wildman–Crippen LogP) is 2.10. The molecule has 8 heteroatoms. The molecule has 0 aliphatic carbocycles. The lowest BCUT2D eigenvalue weighted by Crippen LogP contribution is -2.28. The molecule has 0 aromatic heterocycles. The Hall–Kier alpha value is -1.67. The van der Waals surface area contributed by atoms with E-state index in [0.29, 0.717) is 18.2 Å². The summed E-state index contributed by atoms with van der Waals surface area (Å²) in [6, 6.07) is 4.12. The molecule has 1 N–H and O–H groups in total. The molecule has 2 rings (SSSR count). The molecule has 1 aromatic carbocycles. The smallest absolute Gasteiger partial charge is 0.280 e. The Morgan fingerprint density at radius 1 is 1.32 bits per heavy atom. The summed E-state index contributed by atoms with van der Waals surface area (Å²) in [4.78, 5) is 20.4. The fourth-order valence-corrected chi connectivity index (χ4v) is 3.12. The third-order valence-electron chi connectivity index (χ3n) is 2.99. The highest BCUT2D eigenvalue weighted by Crippen LogP contribution is 2.25. The molecule has 0 radical (unpaired) electrons. The van der Waals surface area contributed by atoms with Crippen LogP contribution >= 0.6 is 11.8 Å². The number of nitrogens with one attached hydrogen (secondary N) is 1. The van der Waals surface area contributed by atoms with Crippen molar-refractivity contribution < 1.29 is 9.85 Å². The normalized spacial score (nSPS) is 18.4. The van der Waals surface area contributed by atoms with E-state index in [-0.39, 0.29) is 11.4 Å². The molecule has 1 heterocycles. The van der Waals surface area contributed by atoms with E-state index in [1.807, 2.05) is 11.8 Å². The second-order valence-corrected chi connectivity index (χ2v) is 5.42. The number of thioether (sulfide) groups is 1. The van der Waals surface area contributed by atoms with Crippen LogP contribution in [0.15, 0.2) is 18.2 Å². The lowest BCUT2D eigenvalue weighted by atomic mass is 10.1. The van der Waals surface area contributed by atoms with E-state index in [0.717, 1.165) is 24.0 Å². The minimum absolute atomic E-state index is 0.202. The summed E-state index contributed by atoms with van der Waals surface area (Å²) in [5.74, 6) is 2.10. The van der Waals surface area contributed by atoms with Gasteiger partial charge in [0.05, 0.1) is 15.9 Å². The van der Waals surface area contributed by atoms with Gasteiger partial charge in [-0.25, -0.2) is 0 Å². The molecule has 1 unspecified atom stereocenters. The van der Waals surface area contributed by atoms with Crippen LogP contribution < -0.4 is 5.32 Å². The fraction of sp³-hybridized carbons (Fsp3) is 0.455. The number of rotatable bonds is 5. The third kappa shape index (κ3) is 3.42. The standard InChI is InChI=1S/C11H13N3O4S/c15-13(16)10-2-1-8(11(5-10)14(17)18)6-12-9-3-4-19-7-9/h1-2,5,9,12H,3-4,6-7H2. The highest BCUT2D eigenvalue weighted by atomic mass is 32.2. The van der Waals surface area contributed by atoms with Crippen LogP contribution in [0, 0.1) is 20.2 Å². The number of nitrogens with zero attached hydrogens (tertiary/aromatic N) is 2. The maximum atomic E-state index is 10.9. The lowest BCUT2D eigenvalue weighted by molar-refractivity contribution is -0.394. The monoisotopic (exact) mass is 283 g/mol. The van der Waals surface area contributed by atoms with Crippen molar-refractivity contribution in [2.75, 3.05) is 11.5 Å². The first-order valence-corrected chi connectivity index (χ1v) is 6.96. The van der Waals surface area contributed by atoms with Crippen LogP contribution in [-0.4, -0.2) is 27.4 Å². The van der Waals surface area contributed by atoms with Crippen molar-refractivity contribution >= 4 is 23.1 Å². The van der Waals surface area contributed by atoms with Crippen molar-refractivity contribution in [2.24, 2.45) is 0 Å². The van der Waals surface area contributed by atoms with Crippen LogP contribution in [0.2, 0.25) is 0 Å². The summed E-state index contributed by atoms with van der Waals surface area (Å²) >= 11 is 1.85. The van der Waals surface area contributed by atoms with E-state index in [9.17, 15) is 20.2 Å². The topological polar surface area (TPSA) is 98.3 Å². The van der Waals surface area contributed by atoms with Gasteiger partial charge < -0.3 is 5.32 Å². The first-order chi connectivity index (χ1) is 9.08. The second-order valence-electron chi connectivity index (χ2n) is 4.27. The van der Waals surface area contributed by atoms with Crippen LogP contribution in [0.1, 0.15) is 12.0 Å². The molecule has 7 nitrogen and oxygen atoms in total. The van der Waals surface area contributed by atoms with Crippen molar-refractivity contribution in [3.8, 4) is 0 Å². The number of hydrogen-bond acceptors (Lipinski definition) is 6. The molecule has 0 saturated carbocycles. The first kappa shape index (κ1) is 13.8. The third-order valence-corrected chi connectivity index (χ3v) is 4.15. The van der Waals surface area contributed by atoms with Crippen molar-refractivity contribution in [3.05, 3.63) is 44.0 Å². The van der Waals surface area contributed by atoms with Crippen molar-refractivity contribution in [2.45, 2.75) is 19.0 Å². The molecule has 1 aromatic rings. The summed E-state index contributed by atoms with van der Waals surface area (Å²) in [5, 5.41) is 24.8. The van der Waals surface area contributed by atoms with E-state index in [1.54, 1.807) is 0 Å². The summed E-state index contributed by atoms with van der Waals surface area (Å²) in [7, 11) is 0. The Morgan fingerprint density at radius 3 is 2.68 bits per heavy atom. The molecule has 1 aliphatic rings. The molecular formula is C11H13N3O4S. The van der Waals surface area contributed by atoms with Crippen LogP contribution in [0.4, 0.5) is 11.4 Å². The fourth-order valence-electron chi connectivity index (χ4n) is 1.94. The van der Waals surface area contributed by atoms with Crippen molar-refractivity contribution in [3.63, 3.8) is 0 Å². The molecule has 102 valence electrons. The Bertz CT molecular complexity index is 503. The number of non-ortho nitro benzene ring substituents is 1. The maximum absolute atomic E-state index is 10.9. The Balaban J connectivity index is 2.14. The van der Waals surface area contributed by atoms with E-state index in [2.05, 4.69) is 5.32 Å². The number of nitro benzene ring substituents is 2. The van der Waals surface area contributed by atoms with Gasteiger partial charge in [-0.2, -0.15) is 11.8 Å². The summed E-state index contributed by atoms with van der Waals surface area (Å²) in [6.07, 6.45) is 1.05. The number of hydrogen-bond donors (Lipinski definition) is 1. The van der Waals surface area contributed by atoms with Gasteiger partial charge in [0, 0.05) is 30.0 Å². The average Bonchev–Trinajstić information content (AvgIpc) is 2.89. The van der Waals surface area contributed by atoms with Gasteiger partial charge in [0.25, 0.3) is 11.4 Å². The van der Waals surface area contributed by atoms with E-state index in [4.69, 9.17) is 0 Å². The first-order valence-electron chi connectivity index (χ1n) is 5.81. The molecule has 1 aliphatic heterocycles. The Kier molecular flexibility index (Phi) is 4.33. The lowest BCUT2D eigenvalue weighted by Gasteiger charge is -2.11. The van der Waals surface area contributed by atoms with Gasteiger partial charge in [0.15, 0.2) is 0 Å². The SMILES string of the molecule is O=[N+]([O-])c1ccc(CNC2CCSC2)c([N+](=O)[O-])c1. The molecule has 19 heavy (non-hydrogen) atoms. The Morgan fingerprint density at radius 2 is 2.11 bits per heavy atom. The van der Waals surface area contributed by atoms with Gasteiger partial charge in [-0.15, -0.1) is 0 Å². The summed E-state index contributed by atoms with van der Waals surface area (Å²) in [5.41, 5.74) is 0.0201. The number of nitro groups is 2. The average molecular weight is 283 g/mol. The zero-order valence-electron chi connectivity index (χ0n) is 10.1. The van der Waals surface area contributed by atoms with E-state index < -0.39 is 9.85 Å². The highest BCUT2D eigenvalue weighted by molar-refractivity contribution is 7.99. The van der Waals surface area contributed by atoms with Crippen molar-refractivity contribution in [1.29, 1.82) is 0 Å². The zero-order chi connectivity index (χ0) is 13.8. The van der Waals surface area contributed by atoms with Crippen LogP contribution in [0.25, 0.3) is 0 Å². The number of benzene rings is 1. The van der Waals surface area contributed by atoms with Gasteiger partial charge in [-0.1, -0.05) is 0 Å². The molecule has 1 atom stereocenters. The maximum Gasteiger partial charge on any atom is 0.280 e. The molecule has 1 saturated heterocycles. The molecule has 0 amide bonds. The predicted molar refractivity (Wildman–Crippen MR) is 72.3 cm³/mol. The van der Waals surface area contributed by atoms with Crippen LogP contribution in [-0.2, 0) is 6.54 Å². The summed E-state index contributed by atoms with van der Waals surface area (Å²) < 4.78 is 0. The molecule has 0 spiro atoms. The van der Waals surface area contributed by atoms with Crippen LogP contribution in [0.5, 0.6) is 0 Å². The van der Waals surface area contributed by atoms with Crippen LogP contribution in [0.3, 0.4) is 0 Å². The summed E-state index contributed by atoms with van der Waals surface area (Å²) in [6.45, 7) is 0.361.